The molecule has 1 unspecified atom stereocenters. The van der Waals surface area contributed by atoms with Gasteiger partial charge < -0.3 is 10.1 Å². The van der Waals surface area contributed by atoms with E-state index in [-0.39, 0.29) is 11.8 Å². The van der Waals surface area contributed by atoms with Crippen molar-refractivity contribution in [3.8, 4) is 5.75 Å². The van der Waals surface area contributed by atoms with Gasteiger partial charge in [-0.05, 0) is 23.8 Å². The van der Waals surface area contributed by atoms with E-state index in [0.717, 1.165) is 15.8 Å². The lowest BCUT2D eigenvalue weighted by atomic mass is 10.0. The zero-order chi connectivity index (χ0) is 14.7. The highest BCUT2D eigenvalue weighted by atomic mass is 79.9. The number of amides is 1. The lowest BCUT2D eigenvalue weighted by Gasteiger charge is -2.10. The number of ether oxygens (including phenoxy) is 1. The van der Waals surface area contributed by atoms with Gasteiger partial charge in [-0.25, -0.2) is 0 Å². The first-order valence-corrected chi connectivity index (χ1v) is 7.74. The van der Waals surface area contributed by atoms with Gasteiger partial charge in [-0.2, -0.15) is 0 Å². The first kappa shape index (κ1) is 14.1. The Kier molecular flexibility index (Phi) is 4.25. The van der Waals surface area contributed by atoms with Crippen molar-refractivity contribution in [3.05, 3.63) is 64.1 Å². The number of carbonyl (C=O) groups is 1. The molecule has 1 amide bonds. The first-order chi connectivity index (χ1) is 10.2. The molecule has 21 heavy (non-hydrogen) atoms. The van der Waals surface area contributed by atoms with Gasteiger partial charge in [-0.3, -0.25) is 4.79 Å². The Hall–Kier alpha value is -1.81. The SMILES string of the molecule is O=C(Cc1ccc(Br)cc1)NCC1COc2ccccc21. The molecule has 1 aliphatic heterocycles. The van der Waals surface area contributed by atoms with Crippen molar-refractivity contribution in [2.45, 2.75) is 12.3 Å². The summed E-state index contributed by atoms with van der Waals surface area (Å²) in [7, 11) is 0. The van der Waals surface area contributed by atoms with Gasteiger partial charge in [0, 0.05) is 22.5 Å². The lowest BCUT2D eigenvalue weighted by Crippen LogP contribution is -2.30. The highest BCUT2D eigenvalue weighted by Crippen LogP contribution is 2.32. The van der Waals surface area contributed by atoms with Crippen molar-refractivity contribution in [3.63, 3.8) is 0 Å². The van der Waals surface area contributed by atoms with Gasteiger partial charge in [0.15, 0.2) is 0 Å². The monoisotopic (exact) mass is 345 g/mol. The van der Waals surface area contributed by atoms with Crippen molar-refractivity contribution in [1.82, 2.24) is 5.32 Å². The molecule has 0 aromatic heterocycles. The van der Waals surface area contributed by atoms with Gasteiger partial charge in [-0.1, -0.05) is 46.3 Å². The quantitative estimate of drug-likeness (QED) is 0.923. The molecular weight excluding hydrogens is 330 g/mol. The van der Waals surface area contributed by atoms with Gasteiger partial charge in [0.05, 0.1) is 13.0 Å². The molecule has 1 N–H and O–H groups in total. The molecular formula is C17H16BrNO2. The van der Waals surface area contributed by atoms with Crippen molar-refractivity contribution >= 4 is 21.8 Å². The molecule has 1 heterocycles. The minimum Gasteiger partial charge on any atom is -0.493 e. The number of carbonyl (C=O) groups excluding carboxylic acids is 1. The lowest BCUT2D eigenvalue weighted by molar-refractivity contribution is -0.120. The second-order valence-corrected chi connectivity index (χ2v) is 6.07. The molecule has 1 aliphatic rings. The van der Waals surface area contributed by atoms with E-state index in [1.54, 1.807) is 0 Å². The Morgan fingerprint density at radius 1 is 1.19 bits per heavy atom. The predicted molar refractivity (Wildman–Crippen MR) is 85.5 cm³/mol. The van der Waals surface area contributed by atoms with E-state index in [2.05, 4.69) is 27.3 Å². The van der Waals surface area contributed by atoms with Crippen LogP contribution in [0.5, 0.6) is 5.75 Å². The molecule has 2 aromatic rings. The number of nitrogens with one attached hydrogen (secondary N) is 1. The summed E-state index contributed by atoms with van der Waals surface area (Å²) in [6, 6.07) is 15.8. The number of halogens is 1. The van der Waals surface area contributed by atoms with E-state index >= 15 is 0 Å². The Balaban J connectivity index is 1.54. The largest absolute Gasteiger partial charge is 0.493 e. The molecule has 0 bridgehead atoms. The minimum atomic E-state index is 0.0432. The number of benzene rings is 2. The van der Waals surface area contributed by atoms with Crippen LogP contribution in [0.4, 0.5) is 0 Å². The molecule has 0 radical (unpaired) electrons. The minimum absolute atomic E-state index is 0.0432. The molecule has 108 valence electrons. The maximum atomic E-state index is 12.0. The molecule has 0 spiro atoms. The van der Waals surface area contributed by atoms with E-state index in [1.165, 1.54) is 5.56 Å². The number of fused-ring (bicyclic) bond motifs is 1. The van der Waals surface area contributed by atoms with Crippen LogP contribution >= 0.6 is 15.9 Å². The maximum Gasteiger partial charge on any atom is 0.224 e. The average molecular weight is 346 g/mol. The number of hydrogen-bond acceptors (Lipinski definition) is 2. The van der Waals surface area contributed by atoms with Crippen molar-refractivity contribution < 1.29 is 9.53 Å². The van der Waals surface area contributed by atoms with Crippen LogP contribution in [0.1, 0.15) is 17.0 Å². The summed E-state index contributed by atoms with van der Waals surface area (Å²) in [5.74, 6) is 1.22. The second kappa shape index (κ2) is 6.31. The van der Waals surface area contributed by atoms with Gasteiger partial charge in [-0.15, -0.1) is 0 Å². The number of para-hydroxylation sites is 1. The van der Waals surface area contributed by atoms with E-state index < -0.39 is 0 Å². The first-order valence-electron chi connectivity index (χ1n) is 6.95. The van der Waals surface area contributed by atoms with Crippen LogP contribution in [0.2, 0.25) is 0 Å². The standard InChI is InChI=1S/C17H16BrNO2/c18-14-7-5-12(6-8-14)9-17(20)19-10-13-11-21-16-4-2-1-3-15(13)16/h1-8,13H,9-11H2,(H,19,20). The van der Waals surface area contributed by atoms with Gasteiger partial charge in [0.25, 0.3) is 0 Å². The summed E-state index contributed by atoms with van der Waals surface area (Å²) in [4.78, 5) is 12.0. The Morgan fingerprint density at radius 3 is 2.76 bits per heavy atom. The van der Waals surface area contributed by atoms with E-state index in [4.69, 9.17) is 4.74 Å². The van der Waals surface area contributed by atoms with Crippen molar-refractivity contribution in [2.24, 2.45) is 0 Å². The summed E-state index contributed by atoms with van der Waals surface area (Å²) in [6.07, 6.45) is 0.405. The van der Waals surface area contributed by atoms with Gasteiger partial charge in [0.2, 0.25) is 5.91 Å². The molecule has 4 heteroatoms. The van der Waals surface area contributed by atoms with Gasteiger partial charge >= 0.3 is 0 Å². The van der Waals surface area contributed by atoms with Crippen LogP contribution in [-0.4, -0.2) is 19.1 Å². The highest BCUT2D eigenvalue weighted by molar-refractivity contribution is 9.10. The fourth-order valence-corrected chi connectivity index (χ4v) is 2.75. The molecule has 0 saturated carbocycles. The van der Waals surface area contributed by atoms with Crippen LogP contribution in [0.3, 0.4) is 0 Å². The van der Waals surface area contributed by atoms with E-state index in [0.29, 0.717) is 19.6 Å². The Morgan fingerprint density at radius 2 is 1.95 bits per heavy atom. The molecule has 0 saturated heterocycles. The highest BCUT2D eigenvalue weighted by Gasteiger charge is 2.23. The van der Waals surface area contributed by atoms with Crippen LogP contribution in [0.15, 0.2) is 53.0 Å². The third kappa shape index (κ3) is 3.45. The van der Waals surface area contributed by atoms with Crippen LogP contribution in [-0.2, 0) is 11.2 Å². The maximum absolute atomic E-state index is 12.0. The Labute approximate surface area is 132 Å². The fraction of sp³-hybridized carbons (Fsp3) is 0.235. The van der Waals surface area contributed by atoms with Crippen LogP contribution < -0.4 is 10.1 Å². The third-order valence-electron chi connectivity index (χ3n) is 3.62. The van der Waals surface area contributed by atoms with Crippen LogP contribution in [0.25, 0.3) is 0 Å². The third-order valence-corrected chi connectivity index (χ3v) is 4.15. The van der Waals surface area contributed by atoms with Gasteiger partial charge in [0.1, 0.15) is 5.75 Å². The van der Waals surface area contributed by atoms with E-state index in [1.807, 2.05) is 42.5 Å². The average Bonchev–Trinajstić information content (AvgIpc) is 2.91. The topological polar surface area (TPSA) is 38.3 Å². The fourth-order valence-electron chi connectivity index (χ4n) is 2.49. The van der Waals surface area contributed by atoms with Crippen molar-refractivity contribution in [1.29, 1.82) is 0 Å². The van der Waals surface area contributed by atoms with Crippen LogP contribution in [0, 0.1) is 0 Å². The molecule has 0 fully saturated rings. The number of hydrogen-bond donors (Lipinski definition) is 1. The zero-order valence-electron chi connectivity index (χ0n) is 11.5. The summed E-state index contributed by atoms with van der Waals surface area (Å²) < 4.78 is 6.64. The summed E-state index contributed by atoms with van der Waals surface area (Å²) in [5.41, 5.74) is 2.19. The molecule has 0 aliphatic carbocycles. The normalized spacial score (nSPS) is 16.1. The second-order valence-electron chi connectivity index (χ2n) is 5.15. The summed E-state index contributed by atoms with van der Waals surface area (Å²) >= 11 is 3.39. The molecule has 3 nitrogen and oxygen atoms in total. The summed E-state index contributed by atoms with van der Waals surface area (Å²) in [5, 5.41) is 3.00. The van der Waals surface area contributed by atoms with E-state index in [9.17, 15) is 4.79 Å². The molecule has 3 rings (SSSR count). The predicted octanol–water partition coefficient (Wildman–Crippen LogP) is 3.28. The molecule has 2 aromatic carbocycles. The smallest absolute Gasteiger partial charge is 0.224 e. The van der Waals surface area contributed by atoms with Crippen molar-refractivity contribution in [2.75, 3.05) is 13.2 Å². The Bertz CT molecular complexity index is 639. The summed E-state index contributed by atoms with van der Waals surface area (Å²) in [6.45, 7) is 1.25. The number of rotatable bonds is 4. The molecule has 1 atom stereocenters. The zero-order valence-corrected chi connectivity index (χ0v) is 13.1.